The maximum atomic E-state index is 11.9. The number of aromatic hydroxyl groups is 2. The topological polar surface area (TPSA) is 40.5 Å². The minimum absolute atomic E-state index is 0.0886. The van der Waals surface area contributed by atoms with E-state index in [4.69, 9.17) is 0 Å². The molecule has 0 atom stereocenters. The van der Waals surface area contributed by atoms with Gasteiger partial charge in [-0.25, -0.2) is 0 Å². The van der Waals surface area contributed by atoms with E-state index in [0.29, 0.717) is 23.0 Å². The second kappa shape index (κ2) is 14.4. The van der Waals surface area contributed by atoms with Crippen LogP contribution in [0.1, 0.15) is 63.8 Å². The Morgan fingerprint density at radius 2 is 0.788 bits per heavy atom. The van der Waals surface area contributed by atoms with Gasteiger partial charge in [0.25, 0.3) is 0 Å². The van der Waals surface area contributed by atoms with Gasteiger partial charge in [0.05, 0.1) is 0 Å². The van der Waals surface area contributed by atoms with Crippen LogP contribution in [0.3, 0.4) is 0 Å². The summed E-state index contributed by atoms with van der Waals surface area (Å²) in [6, 6.07) is 46.5. The van der Waals surface area contributed by atoms with Gasteiger partial charge in [0.2, 0.25) is 0 Å². The third-order valence-corrected chi connectivity index (χ3v) is 12.3. The zero-order chi connectivity index (χ0) is 36.6. The lowest BCUT2D eigenvalue weighted by Crippen LogP contribution is -2.12. The van der Waals surface area contributed by atoms with Crippen molar-refractivity contribution in [3.8, 4) is 33.8 Å². The molecule has 0 amide bonds. The number of fused-ring (bicyclic) bond motifs is 2. The zero-order valence-electron chi connectivity index (χ0n) is 30.8. The Labute approximate surface area is 317 Å². The van der Waals surface area contributed by atoms with Crippen LogP contribution in [-0.2, 0) is 22.3 Å². The van der Waals surface area contributed by atoms with Crippen LogP contribution >= 0.6 is 23.5 Å². The summed E-state index contributed by atoms with van der Waals surface area (Å²) in [4.78, 5) is 2.31. The first-order chi connectivity index (χ1) is 24.9. The summed E-state index contributed by atoms with van der Waals surface area (Å²) >= 11 is 3.49. The molecule has 52 heavy (non-hydrogen) atoms. The number of hydrogen-bond acceptors (Lipinski definition) is 4. The van der Waals surface area contributed by atoms with Crippen molar-refractivity contribution in [3.63, 3.8) is 0 Å². The smallest absolute Gasteiger partial charge is 0.127 e. The molecule has 0 spiro atoms. The Hall–Kier alpha value is -4.64. The van der Waals surface area contributed by atoms with Crippen LogP contribution in [0.25, 0.3) is 43.8 Å². The molecule has 0 heterocycles. The van der Waals surface area contributed by atoms with Crippen LogP contribution in [0.2, 0.25) is 0 Å². The van der Waals surface area contributed by atoms with E-state index < -0.39 is 0 Å². The summed E-state index contributed by atoms with van der Waals surface area (Å²) in [6.45, 7) is 13.4. The van der Waals surface area contributed by atoms with Crippen molar-refractivity contribution in [1.29, 1.82) is 0 Å². The van der Waals surface area contributed by atoms with E-state index in [2.05, 4.69) is 175 Å². The molecule has 0 aromatic heterocycles. The monoisotopic (exact) mass is 718 g/mol. The third-order valence-electron chi connectivity index (χ3n) is 9.88. The number of benzene rings is 7. The molecule has 0 bridgehead atoms. The molecule has 0 radical (unpaired) electrons. The van der Waals surface area contributed by atoms with Gasteiger partial charge in [0.1, 0.15) is 11.5 Å². The lowest BCUT2D eigenvalue weighted by molar-refractivity contribution is 0.471. The highest BCUT2D eigenvalue weighted by atomic mass is 32.2. The van der Waals surface area contributed by atoms with Crippen molar-refractivity contribution < 1.29 is 10.2 Å². The van der Waals surface area contributed by atoms with Crippen molar-refractivity contribution in [1.82, 2.24) is 0 Å². The van der Waals surface area contributed by atoms with Crippen molar-refractivity contribution in [2.24, 2.45) is 0 Å². The standard InChI is InChI=1S/C48H46O2S2/c1-47(2,3)35-25-33(45(49)41(27-35)39-21-13-17-31-15-7-9-19-37(31)39)29-51-43-23-11-12-24-44(43)52-30-34-26-36(48(4,5)6)28-42(46(34)50)40-22-14-18-32-16-8-10-20-38(32)40/h7-28,49-50H,29-30H2,1-6H3. The summed E-state index contributed by atoms with van der Waals surface area (Å²) in [6.07, 6.45) is 0. The normalized spacial score (nSPS) is 12.1. The van der Waals surface area contributed by atoms with E-state index in [1.54, 1.807) is 23.5 Å². The SMILES string of the molecule is CC(C)(C)c1cc(CSc2ccccc2SCc2cc(C(C)(C)C)cc(-c3cccc4ccccc34)c2O)c(O)c(-c2cccc3ccccc23)c1. The van der Waals surface area contributed by atoms with Gasteiger partial charge >= 0.3 is 0 Å². The van der Waals surface area contributed by atoms with Gasteiger partial charge in [-0.3, -0.25) is 0 Å². The number of phenols is 2. The number of rotatable bonds is 8. The van der Waals surface area contributed by atoms with Gasteiger partial charge in [-0.2, -0.15) is 0 Å². The quantitative estimate of drug-likeness (QED) is 0.154. The van der Waals surface area contributed by atoms with Gasteiger partial charge in [-0.1, -0.05) is 151 Å². The average molecular weight is 719 g/mol. The number of hydrogen-bond donors (Lipinski definition) is 2. The summed E-state index contributed by atoms with van der Waals surface area (Å²) in [5, 5.41) is 28.3. The molecule has 0 aliphatic carbocycles. The van der Waals surface area contributed by atoms with Crippen LogP contribution in [0.4, 0.5) is 0 Å². The molecular weight excluding hydrogens is 673 g/mol. The predicted octanol–water partition coefficient (Wildman–Crippen LogP) is 13.9. The molecule has 4 heteroatoms. The molecule has 0 fully saturated rings. The van der Waals surface area contributed by atoms with Crippen LogP contribution < -0.4 is 0 Å². The molecule has 7 rings (SSSR count). The molecule has 2 N–H and O–H groups in total. The predicted molar refractivity (Wildman–Crippen MR) is 225 cm³/mol. The fourth-order valence-corrected chi connectivity index (χ4v) is 8.99. The minimum Gasteiger partial charge on any atom is -0.507 e. The molecule has 7 aromatic rings. The van der Waals surface area contributed by atoms with Crippen molar-refractivity contribution >= 4 is 45.1 Å². The first kappa shape index (κ1) is 35.7. The summed E-state index contributed by atoms with van der Waals surface area (Å²) in [5.41, 5.74) is 7.91. The highest BCUT2D eigenvalue weighted by Gasteiger charge is 2.23. The molecule has 262 valence electrons. The van der Waals surface area contributed by atoms with E-state index in [-0.39, 0.29) is 10.8 Å². The molecule has 0 aliphatic heterocycles. The Morgan fingerprint density at radius 1 is 0.423 bits per heavy atom. The van der Waals surface area contributed by atoms with Gasteiger partial charge in [0, 0.05) is 43.6 Å². The Kier molecular flexibility index (Phi) is 9.91. The summed E-state index contributed by atoms with van der Waals surface area (Å²) < 4.78 is 0. The summed E-state index contributed by atoms with van der Waals surface area (Å²) in [5.74, 6) is 1.93. The van der Waals surface area contributed by atoms with Crippen molar-refractivity contribution in [2.45, 2.75) is 73.7 Å². The Balaban J connectivity index is 1.21. The second-order valence-electron chi connectivity index (χ2n) is 15.6. The summed E-state index contributed by atoms with van der Waals surface area (Å²) in [7, 11) is 0. The van der Waals surface area contributed by atoms with E-state index in [1.807, 2.05) is 0 Å². The van der Waals surface area contributed by atoms with Gasteiger partial charge in [-0.15, -0.1) is 23.5 Å². The van der Waals surface area contributed by atoms with E-state index in [1.165, 1.54) is 11.1 Å². The second-order valence-corrected chi connectivity index (χ2v) is 17.7. The third kappa shape index (κ3) is 7.33. The van der Waals surface area contributed by atoms with E-state index in [9.17, 15) is 10.2 Å². The fourth-order valence-electron chi connectivity index (χ4n) is 6.81. The van der Waals surface area contributed by atoms with Gasteiger partial charge in [0.15, 0.2) is 0 Å². The number of thioether (sulfide) groups is 2. The Bertz CT molecular complexity index is 2230. The maximum absolute atomic E-state index is 11.9. The molecule has 0 saturated carbocycles. The van der Waals surface area contributed by atoms with Crippen LogP contribution in [0, 0.1) is 0 Å². The largest absolute Gasteiger partial charge is 0.507 e. The fraction of sp³-hybridized carbons (Fsp3) is 0.208. The minimum atomic E-state index is -0.0886. The first-order valence-electron chi connectivity index (χ1n) is 17.9. The van der Waals surface area contributed by atoms with E-state index >= 15 is 0 Å². The number of phenolic OH excluding ortho intramolecular Hbond substituents is 2. The molecule has 0 saturated heterocycles. The molecular formula is C48H46O2S2. The molecule has 2 nitrogen and oxygen atoms in total. The highest BCUT2D eigenvalue weighted by Crippen LogP contribution is 2.45. The van der Waals surface area contributed by atoms with Gasteiger partial charge in [-0.05, 0) is 78.9 Å². The van der Waals surface area contributed by atoms with Crippen molar-refractivity contribution in [3.05, 3.63) is 156 Å². The van der Waals surface area contributed by atoms with Gasteiger partial charge < -0.3 is 10.2 Å². The van der Waals surface area contributed by atoms with E-state index in [0.717, 1.165) is 64.7 Å². The molecule has 0 aliphatic rings. The van der Waals surface area contributed by atoms with Crippen LogP contribution in [-0.4, -0.2) is 10.2 Å². The average Bonchev–Trinajstić information content (AvgIpc) is 3.13. The molecule has 0 unspecified atom stereocenters. The Morgan fingerprint density at radius 3 is 1.19 bits per heavy atom. The first-order valence-corrected chi connectivity index (χ1v) is 19.9. The molecule has 7 aromatic carbocycles. The van der Waals surface area contributed by atoms with Crippen molar-refractivity contribution in [2.75, 3.05) is 0 Å². The van der Waals surface area contributed by atoms with Crippen LogP contribution in [0.5, 0.6) is 11.5 Å². The van der Waals surface area contributed by atoms with Crippen LogP contribution in [0.15, 0.2) is 143 Å². The zero-order valence-corrected chi connectivity index (χ0v) is 32.5. The lowest BCUT2D eigenvalue weighted by atomic mass is 9.83. The lowest BCUT2D eigenvalue weighted by Gasteiger charge is -2.23. The highest BCUT2D eigenvalue weighted by molar-refractivity contribution is 8.01. The maximum Gasteiger partial charge on any atom is 0.127 e.